The van der Waals surface area contributed by atoms with Crippen LogP contribution in [0.5, 0.6) is 0 Å². The molecule has 0 N–H and O–H groups in total. The maximum Gasteiger partial charge on any atom is 0.414 e. The van der Waals surface area contributed by atoms with Crippen molar-refractivity contribution in [2.75, 3.05) is 13.2 Å². The third kappa shape index (κ3) is 9.44. The molecule has 6 nitrogen and oxygen atoms in total. The number of carbonyl (C=O) groups is 2. The summed E-state index contributed by atoms with van der Waals surface area (Å²) < 4.78 is 18.9. The lowest BCUT2D eigenvalue weighted by Gasteiger charge is -2.43. The van der Waals surface area contributed by atoms with Crippen LogP contribution in [0.4, 0.5) is 4.79 Å². The number of allylic oxidation sites excluding steroid dienone is 2. The van der Waals surface area contributed by atoms with E-state index in [0.717, 1.165) is 17.5 Å². The van der Waals surface area contributed by atoms with Gasteiger partial charge in [0.25, 0.3) is 8.32 Å². The topological polar surface area (TPSA) is 65.1 Å². The highest BCUT2D eigenvalue weighted by Crippen LogP contribution is 2.37. The summed E-state index contributed by atoms with van der Waals surface area (Å²) in [6, 6.07) is 40.6. The summed E-state index contributed by atoms with van der Waals surface area (Å²) in [5, 5.41) is 2.30. The molecule has 1 amide bonds. The Labute approximate surface area is 292 Å². The summed E-state index contributed by atoms with van der Waals surface area (Å²) in [4.78, 5) is 28.6. The molecule has 0 spiro atoms. The van der Waals surface area contributed by atoms with Crippen molar-refractivity contribution in [1.82, 2.24) is 4.90 Å². The first kappa shape index (κ1) is 36.0. The van der Waals surface area contributed by atoms with Crippen LogP contribution in [0.2, 0.25) is 5.04 Å². The van der Waals surface area contributed by atoms with Gasteiger partial charge in [0, 0.05) is 37.4 Å². The maximum atomic E-state index is 13.8. The molecule has 1 atom stereocenters. The first-order chi connectivity index (χ1) is 23.8. The van der Waals surface area contributed by atoms with Gasteiger partial charge in [-0.1, -0.05) is 142 Å². The molecule has 5 rings (SSSR count). The van der Waals surface area contributed by atoms with Crippen LogP contribution in [-0.4, -0.2) is 44.3 Å². The third-order valence-electron chi connectivity index (χ3n) is 9.09. The fourth-order valence-electron chi connectivity index (χ4n) is 6.78. The molecule has 4 aromatic rings. The van der Waals surface area contributed by atoms with Crippen LogP contribution >= 0.6 is 0 Å². The van der Waals surface area contributed by atoms with Crippen molar-refractivity contribution in [3.05, 3.63) is 144 Å². The number of carbonyl (C=O) groups excluding carboxylic acids is 2. The van der Waals surface area contributed by atoms with Gasteiger partial charge in [-0.3, -0.25) is 9.69 Å². The minimum absolute atomic E-state index is 0.0326. The van der Waals surface area contributed by atoms with Gasteiger partial charge < -0.3 is 13.9 Å². The van der Waals surface area contributed by atoms with Crippen molar-refractivity contribution in [2.45, 2.75) is 77.2 Å². The lowest BCUT2D eigenvalue weighted by atomic mass is 9.96. The van der Waals surface area contributed by atoms with Crippen molar-refractivity contribution in [3.8, 4) is 0 Å². The molecule has 256 valence electrons. The van der Waals surface area contributed by atoms with E-state index in [1.165, 1.54) is 10.4 Å². The van der Waals surface area contributed by atoms with Crippen LogP contribution in [0.1, 0.15) is 64.0 Å². The normalized spacial score (nSPS) is 15.2. The Bertz CT molecular complexity index is 1600. The van der Waals surface area contributed by atoms with Gasteiger partial charge in [-0.15, -0.1) is 0 Å². The smallest absolute Gasteiger partial charge is 0.414 e. The van der Waals surface area contributed by atoms with E-state index < -0.39 is 14.4 Å². The average molecular weight is 676 g/mol. The van der Waals surface area contributed by atoms with Gasteiger partial charge >= 0.3 is 6.09 Å². The van der Waals surface area contributed by atoms with Crippen molar-refractivity contribution in [2.24, 2.45) is 0 Å². The predicted octanol–water partition coefficient (Wildman–Crippen LogP) is 8.20. The van der Waals surface area contributed by atoms with E-state index in [4.69, 9.17) is 13.9 Å². The van der Waals surface area contributed by atoms with Crippen molar-refractivity contribution in [3.63, 3.8) is 0 Å². The Morgan fingerprint density at radius 3 is 1.82 bits per heavy atom. The Morgan fingerprint density at radius 1 is 0.735 bits per heavy atom. The maximum absolute atomic E-state index is 13.8. The van der Waals surface area contributed by atoms with Crippen molar-refractivity contribution >= 4 is 30.6 Å². The molecule has 0 saturated heterocycles. The largest absolute Gasteiger partial charge is 0.444 e. The highest BCUT2D eigenvalue weighted by molar-refractivity contribution is 6.99. The second-order valence-corrected chi connectivity index (χ2v) is 18.0. The molecule has 1 heterocycles. The average Bonchev–Trinajstić information content (AvgIpc) is 3.11. The van der Waals surface area contributed by atoms with Crippen LogP contribution in [0.15, 0.2) is 133 Å². The molecule has 0 aliphatic carbocycles. The number of amides is 1. The van der Waals surface area contributed by atoms with E-state index in [0.29, 0.717) is 44.8 Å². The summed E-state index contributed by atoms with van der Waals surface area (Å²) in [5.41, 5.74) is 2.72. The summed E-state index contributed by atoms with van der Waals surface area (Å²) in [6.45, 7) is 8.52. The zero-order valence-corrected chi connectivity index (χ0v) is 30.1. The Morgan fingerprint density at radius 2 is 1.27 bits per heavy atom. The Hall–Kier alpha value is -4.30. The van der Waals surface area contributed by atoms with Gasteiger partial charge in [0.2, 0.25) is 0 Å². The highest BCUT2D eigenvalue weighted by atomic mass is 28.4. The number of rotatable bonds is 15. The van der Waals surface area contributed by atoms with Crippen LogP contribution in [-0.2, 0) is 31.9 Å². The van der Waals surface area contributed by atoms with Gasteiger partial charge in [0.15, 0.2) is 5.78 Å². The summed E-state index contributed by atoms with van der Waals surface area (Å²) >= 11 is 0. The lowest BCUT2D eigenvalue weighted by Crippen LogP contribution is -2.66. The molecule has 4 aromatic carbocycles. The van der Waals surface area contributed by atoms with Gasteiger partial charge in [-0.2, -0.15) is 0 Å². The Balaban J connectivity index is 1.29. The first-order valence-corrected chi connectivity index (χ1v) is 19.3. The summed E-state index contributed by atoms with van der Waals surface area (Å²) in [7, 11) is -2.71. The fraction of sp³-hybridized carbons (Fsp3) is 0.333. The van der Waals surface area contributed by atoms with Crippen LogP contribution in [0.3, 0.4) is 0 Å². The highest BCUT2D eigenvalue weighted by Gasteiger charge is 2.50. The van der Waals surface area contributed by atoms with E-state index in [9.17, 15) is 9.59 Å². The van der Waals surface area contributed by atoms with Gasteiger partial charge in [-0.25, -0.2) is 4.79 Å². The molecule has 0 radical (unpaired) electrons. The standard InChI is InChI=1S/C42H49NO5Si/c1-42(2,3)49(39-24-12-6-13-25-39,40-26-14-7-15-27-40)48-29-17-23-37-31-38(44)30-36(22-16-28-46-32-34-18-8-4-9-19-34)43(37)41(45)47-33-35-20-10-5-11-21-35/h4-15,18-21,24-27,31,36H,16-17,22-23,28-30,32-33H2,1-3H3/t36-/m0/s1. The number of nitrogens with zero attached hydrogens (tertiary/aromatic N) is 1. The zero-order valence-electron chi connectivity index (χ0n) is 29.1. The molecule has 7 heteroatoms. The third-order valence-corrected chi connectivity index (χ3v) is 14.1. The predicted molar refractivity (Wildman–Crippen MR) is 198 cm³/mol. The molecule has 0 bridgehead atoms. The molecular weight excluding hydrogens is 627 g/mol. The Kier molecular flexibility index (Phi) is 12.8. The monoisotopic (exact) mass is 675 g/mol. The number of hydrogen-bond donors (Lipinski definition) is 0. The lowest BCUT2D eigenvalue weighted by molar-refractivity contribution is -0.116. The minimum atomic E-state index is -2.71. The quantitative estimate of drug-likeness (QED) is 0.0939. The second kappa shape index (κ2) is 17.4. The molecule has 0 aromatic heterocycles. The molecule has 0 unspecified atom stereocenters. The van der Waals surface area contributed by atoms with Crippen molar-refractivity contribution in [1.29, 1.82) is 0 Å². The molecule has 1 aliphatic rings. The number of hydrogen-bond acceptors (Lipinski definition) is 5. The summed E-state index contributed by atoms with van der Waals surface area (Å²) in [5.74, 6) is 0.0326. The molecule has 0 saturated carbocycles. The van der Waals surface area contributed by atoms with Crippen LogP contribution < -0.4 is 10.4 Å². The number of ketones is 1. The second-order valence-electron chi connectivity index (χ2n) is 13.7. The molecule has 49 heavy (non-hydrogen) atoms. The SMILES string of the molecule is CC(C)(C)[Si](OCCCC1=CC(=O)C[C@H](CCCOCc2ccccc2)N1C(=O)OCc1ccccc1)(c1ccccc1)c1ccccc1. The summed E-state index contributed by atoms with van der Waals surface area (Å²) in [6.07, 6.45) is 4.00. The van der Waals surface area contributed by atoms with E-state index in [2.05, 4.69) is 69.3 Å². The minimum Gasteiger partial charge on any atom is -0.444 e. The fourth-order valence-corrected chi connectivity index (χ4v) is 11.4. The van der Waals surface area contributed by atoms with Crippen molar-refractivity contribution < 1.29 is 23.5 Å². The number of ether oxygens (including phenoxy) is 2. The molecule has 1 aliphatic heterocycles. The van der Waals surface area contributed by atoms with E-state index in [-0.39, 0.29) is 29.9 Å². The zero-order chi connectivity index (χ0) is 34.5. The first-order valence-electron chi connectivity index (χ1n) is 17.4. The van der Waals surface area contributed by atoms with E-state index in [1.807, 2.05) is 72.8 Å². The van der Waals surface area contributed by atoms with Gasteiger partial charge in [0.1, 0.15) is 6.61 Å². The van der Waals surface area contributed by atoms with Crippen LogP contribution in [0.25, 0.3) is 0 Å². The van der Waals surface area contributed by atoms with E-state index >= 15 is 0 Å². The van der Waals surface area contributed by atoms with Crippen LogP contribution in [0, 0.1) is 0 Å². The molecular formula is C42H49NO5Si. The van der Waals surface area contributed by atoms with Gasteiger partial charge in [0.05, 0.1) is 6.61 Å². The van der Waals surface area contributed by atoms with Gasteiger partial charge in [-0.05, 0) is 52.2 Å². The molecule has 0 fully saturated rings. The van der Waals surface area contributed by atoms with E-state index in [1.54, 1.807) is 11.0 Å². The number of benzene rings is 4.